The second-order valence-corrected chi connectivity index (χ2v) is 3.76. The fourth-order valence-electron chi connectivity index (χ4n) is 0.893. The zero-order valence-corrected chi connectivity index (χ0v) is 8.70. The maximum Gasteiger partial charge on any atom is 0.128 e. The van der Waals surface area contributed by atoms with Crippen molar-refractivity contribution in [1.29, 1.82) is 0 Å². The van der Waals surface area contributed by atoms with E-state index in [9.17, 15) is 0 Å². The summed E-state index contributed by atoms with van der Waals surface area (Å²) in [6, 6.07) is 1.66. The van der Waals surface area contributed by atoms with Crippen LogP contribution in [-0.4, -0.2) is 15.4 Å². The van der Waals surface area contributed by atoms with Gasteiger partial charge in [0.05, 0.1) is 14.5 Å². The van der Waals surface area contributed by atoms with Crippen molar-refractivity contribution >= 4 is 50.2 Å². The monoisotopic (exact) mass is 265 g/mol. The molecule has 62 valence electrons. The number of aromatic nitrogens is 3. The van der Waals surface area contributed by atoms with Crippen molar-refractivity contribution in [2.24, 2.45) is 0 Å². The van der Waals surface area contributed by atoms with Gasteiger partial charge >= 0.3 is 0 Å². The SMILES string of the molecule is Clc1cc2n[nH]nc2c(Br)c1Cl. The number of nitrogens with zero attached hydrogens (tertiary/aromatic N) is 2. The van der Waals surface area contributed by atoms with Crippen LogP contribution >= 0.6 is 39.1 Å². The van der Waals surface area contributed by atoms with Crippen LogP contribution < -0.4 is 0 Å². The summed E-state index contributed by atoms with van der Waals surface area (Å²) in [5.41, 5.74) is 1.38. The highest BCUT2D eigenvalue weighted by Crippen LogP contribution is 2.34. The van der Waals surface area contributed by atoms with Crippen molar-refractivity contribution in [2.75, 3.05) is 0 Å². The molecule has 0 saturated heterocycles. The number of benzene rings is 1. The summed E-state index contributed by atoms with van der Waals surface area (Å²) in [4.78, 5) is 0. The molecule has 2 rings (SSSR count). The molecule has 6 heteroatoms. The Morgan fingerprint density at radius 1 is 1.33 bits per heavy atom. The number of hydrogen-bond donors (Lipinski definition) is 1. The average Bonchev–Trinajstić information content (AvgIpc) is 2.48. The summed E-state index contributed by atoms with van der Waals surface area (Å²) in [7, 11) is 0. The van der Waals surface area contributed by atoms with Crippen LogP contribution in [-0.2, 0) is 0 Å². The second-order valence-electron chi connectivity index (χ2n) is 2.18. The van der Waals surface area contributed by atoms with E-state index in [1.165, 1.54) is 0 Å². The van der Waals surface area contributed by atoms with Crippen LogP contribution in [0, 0.1) is 0 Å². The van der Waals surface area contributed by atoms with Gasteiger partial charge < -0.3 is 0 Å². The number of aromatic amines is 1. The van der Waals surface area contributed by atoms with Gasteiger partial charge in [-0.15, -0.1) is 0 Å². The fraction of sp³-hybridized carbons (Fsp3) is 0. The largest absolute Gasteiger partial charge is 0.197 e. The van der Waals surface area contributed by atoms with E-state index in [0.717, 1.165) is 0 Å². The Kier molecular flexibility index (Phi) is 1.98. The third-order valence-electron chi connectivity index (χ3n) is 1.45. The Hall–Kier alpha value is -0.320. The summed E-state index contributed by atoms with van der Waals surface area (Å²) < 4.78 is 0.667. The Balaban J connectivity index is 2.94. The van der Waals surface area contributed by atoms with Gasteiger partial charge in [-0.05, 0) is 22.0 Å². The molecule has 12 heavy (non-hydrogen) atoms. The van der Waals surface area contributed by atoms with Gasteiger partial charge in [0.15, 0.2) is 0 Å². The van der Waals surface area contributed by atoms with Crippen LogP contribution in [0.3, 0.4) is 0 Å². The van der Waals surface area contributed by atoms with E-state index in [-0.39, 0.29) is 0 Å². The van der Waals surface area contributed by atoms with Gasteiger partial charge in [-0.25, -0.2) is 0 Å². The molecule has 0 fully saturated rings. The second kappa shape index (κ2) is 2.87. The van der Waals surface area contributed by atoms with E-state index in [1.807, 2.05) is 0 Å². The highest BCUT2D eigenvalue weighted by molar-refractivity contribution is 9.10. The van der Waals surface area contributed by atoms with Gasteiger partial charge in [0.25, 0.3) is 0 Å². The predicted octanol–water partition coefficient (Wildman–Crippen LogP) is 3.03. The van der Waals surface area contributed by atoms with E-state index in [2.05, 4.69) is 31.3 Å². The molecule has 0 unspecified atom stereocenters. The molecule has 1 heterocycles. The Bertz CT molecular complexity index is 440. The number of H-pyrrole nitrogens is 1. The molecule has 0 atom stereocenters. The number of halogens is 3. The van der Waals surface area contributed by atoms with Crippen molar-refractivity contribution in [1.82, 2.24) is 15.4 Å². The Morgan fingerprint density at radius 3 is 2.83 bits per heavy atom. The van der Waals surface area contributed by atoms with Crippen LogP contribution in [0.2, 0.25) is 10.0 Å². The lowest BCUT2D eigenvalue weighted by Crippen LogP contribution is -1.76. The van der Waals surface area contributed by atoms with Crippen LogP contribution in [0.1, 0.15) is 0 Å². The molecule has 0 radical (unpaired) electrons. The Labute approximate surface area is 86.2 Å². The molecule has 1 aromatic heterocycles. The first-order chi connectivity index (χ1) is 5.70. The van der Waals surface area contributed by atoms with Crippen LogP contribution in [0.25, 0.3) is 11.0 Å². The molecule has 0 bridgehead atoms. The predicted molar refractivity (Wildman–Crippen MR) is 51.6 cm³/mol. The molecule has 0 saturated carbocycles. The molecule has 2 aromatic rings. The average molecular weight is 267 g/mol. The van der Waals surface area contributed by atoms with Gasteiger partial charge in [0.1, 0.15) is 11.0 Å². The lowest BCUT2D eigenvalue weighted by atomic mass is 10.3. The van der Waals surface area contributed by atoms with E-state index in [0.29, 0.717) is 25.6 Å². The summed E-state index contributed by atoms with van der Waals surface area (Å²) in [6.07, 6.45) is 0. The maximum absolute atomic E-state index is 5.85. The number of nitrogens with one attached hydrogen (secondary N) is 1. The molecule has 0 aliphatic carbocycles. The lowest BCUT2D eigenvalue weighted by molar-refractivity contribution is 0.959. The molecule has 1 aromatic carbocycles. The zero-order chi connectivity index (χ0) is 8.72. The number of rotatable bonds is 0. The first kappa shape index (κ1) is 8.29. The van der Waals surface area contributed by atoms with Crippen LogP contribution in [0.15, 0.2) is 10.5 Å². The third-order valence-corrected chi connectivity index (χ3v) is 3.24. The number of fused-ring (bicyclic) bond motifs is 1. The first-order valence-electron chi connectivity index (χ1n) is 3.04. The molecular formula is C6H2BrCl2N3. The first-order valence-corrected chi connectivity index (χ1v) is 4.59. The van der Waals surface area contributed by atoms with E-state index in [4.69, 9.17) is 23.2 Å². The molecule has 0 aliphatic rings. The summed E-state index contributed by atoms with van der Waals surface area (Å²) >= 11 is 14.9. The van der Waals surface area contributed by atoms with Gasteiger partial charge in [0, 0.05) is 0 Å². The summed E-state index contributed by atoms with van der Waals surface area (Å²) in [5.74, 6) is 0. The highest BCUT2D eigenvalue weighted by Gasteiger charge is 2.10. The van der Waals surface area contributed by atoms with E-state index >= 15 is 0 Å². The maximum atomic E-state index is 5.85. The quantitative estimate of drug-likeness (QED) is 0.745. The fourth-order valence-corrected chi connectivity index (χ4v) is 1.85. The third kappa shape index (κ3) is 1.11. The molecule has 1 N–H and O–H groups in total. The van der Waals surface area contributed by atoms with E-state index in [1.54, 1.807) is 6.07 Å². The van der Waals surface area contributed by atoms with Crippen molar-refractivity contribution < 1.29 is 0 Å². The Morgan fingerprint density at radius 2 is 2.08 bits per heavy atom. The van der Waals surface area contributed by atoms with Gasteiger partial charge in [-0.1, -0.05) is 23.2 Å². The summed E-state index contributed by atoms with van der Waals surface area (Å²) in [5, 5.41) is 11.2. The van der Waals surface area contributed by atoms with Crippen LogP contribution in [0.4, 0.5) is 0 Å². The normalized spacial score (nSPS) is 10.9. The van der Waals surface area contributed by atoms with Crippen LogP contribution in [0.5, 0.6) is 0 Å². The van der Waals surface area contributed by atoms with Crippen molar-refractivity contribution in [2.45, 2.75) is 0 Å². The smallest absolute Gasteiger partial charge is 0.128 e. The van der Waals surface area contributed by atoms with Gasteiger partial charge in [0.2, 0.25) is 0 Å². The van der Waals surface area contributed by atoms with Crippen molar-refractivity contribution in [3.63, 3.8) is 0 Å². The van der Waals surface area contributed by atoms with Gasteiger partial charge in [-0.2, -0.15) is 15.4 Å². The number of hydrogen-bond acceptors (Lipinski definition) is 2. The zero-order valence-electron chi connectivity index (χ0n) is 5.61. The van der Waals surface area contributed by atoms with Crippen molar-refractivity contribution in [3.8, 4) is 0 Å². The highest BCUT2D eigenvalue weighted by atomic mass is 79.9. The minimum absolute atomic E-state index is 0.457. The lowest BCUT2D eigenvalue weighted by Gasteiger charge is -1.97. The molecule has 0 amide bonds. The topological polar surface area (TPSA) is 41.6 Å². The molecule has 3 nitrogen and oxygen atoms in total. The molecule has 0 spiro atoms. The van der Waals surface area contributed by atoms with Gasteiger partial charge in [-0.3, -0.25) is 0 Å². The molecule has 0 aliphatic heterocycles. The standard InChI is InChI=1S/C6H2BrCl2N3/c7-4-5(9)2(8)1-3-6(4)11-12-10-3/h1H,(H,10,11,12). The molecular weight excluding hydrogens is 265 g/mol. The van der Waals surface area contributed by atoms with Crippen molar-refractivity contribution in [3.05, 3.63) is 20.6 Å². The van der Waals surface area contributed by atoms with E-state index < -0.39 is 0 Å². The summed E-state index contributed by atoms with van der Waals surface area (Å²) in [6.45, 7) is 0. The minimum Gasteiger partial charge on any atom is -0.197 e. The minimum atomic E-state index is 0.457.